The summed E-state index contributed by atoms with van der Waals surface area (Å²) in [6.07, 6.45) is 1.66. The second-order valence-electron chi connectivity index (χ2n) is 8.83. The van der Waals surface area contributed by atoms with E-state index in [9.17, 15) is 14.6 Å². The molecule has 166 valence electrons. The Hall–Kier alpha value is -3.60. The summed E-state index contributed by atoms with van der Waals surface area (Å²) in [4.78, 5) is 19.6. The molecule has 1 atom stereocenters. The van der Waals surface area contributed by atoms with Crippen molar-refractivity contribution in [2.45, 2.75) is 37.6 Å². The minimum Gasteiger partial charge on any atom is -0.588 e. The minimum atomic E-state index is -1.56. The summed E-state index contributed by atoms with van der Waals surface area (Å²) in [6.45, 7) is 10.7. The van der Waals surface area contributed by atoms with Crippen LogP contribution in [0.25, 0.3) is 5.70 Å². The fourth-order valence-corrected chi connectivity index (χ4v) is 4.62. The van der Waals surface area contributed by atoms with E-state index >= 15 is 0 Å². The third-order valence-electron chi connectivity index (χ3n) is 5.58. The van der Waals surface area contributed by atoms with Gasteiger partial charge in [0.15, 0.2) is 4.90 Å². The molecular formula is C26H24N4O2S. The quantitative estimate of drug-likeness (QED) is 0.545. The Morgan fingerprint density at radius 3 is 2.45 bits per heavy atom. The SMILES string of the molecule is C=C1c2c(N[S+]([O-])c3ccc(C(C)(C)C)cc3)ccc(C#N)c2C(=O)N1Cc1ccccn1. The number of pyridine rings is 1. The van der Waals surface area contributed by atoms with Crippen molar-refractivity contribution in [1.82, 2.24) is 9.88 Å². The van der Waals surface area contributed by atoms with Crippen molar-refractivity contribution >= 4 is 28.7 Å². The van der Waals surface area contributed by atoms with E-state index < -0.39 is 11.4 Å². The Labute approximate surface area is 196 Å². The van der Waals surface area contributed by atoms with E-state index in [-0.39, 0.29) is 29.0 Å². The minimum absolute atomic E-state index is 0.00340. The van der Waals surface area contributed by atoms with Crippen LogP contribution in [0.2, 0.25) is 0 Å². The molecule has 2 aromatic carbocycles. The molecule has 0 aliphatic carbocycles. The van der Waals surface area contributed by atoms with Crippen molar-refractivity contribution in [2.75, 3.05) is 4.72 Å². The molecule has 0 saturated heterocycles. The number of carbonyl (C=O) groups excluding carboxylic acids is 1. The maximum Gasteiger partial charge on any atom is 0.260 e. The van der Waals surface area contributed by atoms with Gasteiger partial charge in [0, 0.05) is 17.5 Å². The predicted molar refractivity (Wildman–Crippen MR) is 129 cm³/mol. The number of fused-ring (bicyclic) bond motifs is 1. The monoisotopic (exact) mass is 456 g/mol. The largest absolute Gasteiger partial charge is 0.588 e. The first-order valence-electron chi connectivity index (χ1n) is 10.5. The molecule has 0 fully saturated rings. The summed E-state index contributed by atoms with van der Waals surface area (Å²) in [5.41, 5.74) is 3.80. The summed E-state index contributed by atoms with van der Waals surface area (Å²) < 4.78 is 16.1. The molecule has 0 saturated carbocycles. The Morgan fingerprint density at radius 2 is 1.85 bits per heavy atom. The molecule has 1 aromatic heterocycles. The van der Waals surface area contributed by atoms with Crippen LogP contribution in [-0.4, -0.2) is 20.3 Å². The van der Waals surface area contributed by atoms with Gasteiger partial charge in [-0.3, -0.25) is 9.78 Å². The number of aromatic nitrogens is 1. The number of nitrogens with zero attached hydrogens (tertiary/aromatic N) is 3. The smallest absolute Gasteiger partial charge is 0.260 e. The summed E-state index contributed by atoms with van der Waals surface area (Å²) in [5, 5.41) is 9.58. The van der Waals surface area contributed by atoms with Crippen molar-refractivity contribution in [1.29, 1.82) is 5.26 Å². The molecule has 1 N–H and O–H groups in total. The Balaban J connectivity index is 1.65. The van der Waals surface area contributed by atoms with Gasteiger partial charge in [0.2, 0.25) is 0 Å². The molecule has 4 rings (SSSR count). The van der Waals surface area contributed by atoms with Crippen molar-refractivity contribution in [2.24, 2.45) is 0 Å². The van der Waals surface area contributed by atoms with Gasteiger partial charge in [0.1, 0.15) is 11.4 Å². The highest BCUT2D eigenvalue weighted by atomic mass is 32.2. The maximum absolute atomic E-state index is 13.2. The summed E-state index contributed by atoms with van der Waals surface area (Å²) in [6, 6.07) is 18.4. The Bertz CT molecular complexity index is 1260. The van der Waals surface area contributed by atoms with E-state index in [4.69, 9.17) is 0 Å². The number of nitrogens with one attached hydrogen (secondary N) is 1. The van der Waals surface area contributed by atoms with Gasteiger partial charge in [0.25, 0.3) is 5.91 Å². The average Bonchev–Trinajstić information content (AvgIpc) is 3.05. The Kier molecular flexibility index (Phi) is 5.98. The lowest BCUT2D eigenvalue weighted by Crippen LogP contribution is -2.23. The molecule has 33 heavy (non-hydrogen) atoms. The van der Waals surface area contributed by atoms with Gasteiger partial charge in [-0.05, 0) is 47.4 Å². The van der Waals surface area contributed by atoms with E-state index in [0.29, 0.717) is 27.5 Å². The standard InChI is InChI=1S/C26H24N4O2S/c1-17-23-22(29-33(32)21-11-9-19(10-12-21)26(2,3)4)13-8-18(15-27)24(23)25(31)30(17)16-20-7-5-6-14-28-20/h5-14,29H,1,16H2,2-4H3. The molecule has 7 heteroatoms. The highest BCUT2D eigenvalue weighted by Gasteiger charge is 2.37. The number of hydrogen-bond donors (Lipinski definition) is 1. The van der Waals surface area contributed by atoms with Gasteiger partial charge in [-0.15, -0.1) is 0 Å². The van der Waals surface area contributed by atoms with E-state index in [1.165, 1.54) is 4.90 Å². The highest BCUT2D eigenvalue weighted by molar-refractivity contribution is 7.92. The summed E-state index contributed by atoms with van der Waals surface area (Å²) in [5.74, 6) is -0.318. The number of rotatable bonds is 5. The number of carbonyl (C=O) groups is 1. The van der Waals surface area contributed by atoms with Gasteiger partial charge in [-0.1, -0.05) is 45.5 Å². The van der Waals surface area contributed by atoms with Crippen LogP contribution in [0.1, 0.15) is 53.5 Å². The van der Waals surface area contributed by atoms with E-state index in [1.807, 2.05) is 36.4 Å². The fraction of sp³-hybridized carbons (Fsp3) is 0.192. The number of hydrogen-bond acceptors (Lipinski definition) is 5. The van der Waals surface area contributed by atoms with Gasteiger partial charge in [-0.25, -0.2) is 4.72 Å². The van der Waals surface area contributed by atoms with Gasteiger partial charge in [0.05, 0.1) is 35.1 Å². The molecule has 1 unspecified atom stereocenters. The third kappa shape index (κ3) is 4.36. The maximum atomic E-state index is 13.2. The molecule has 0 spiro atoms. The zero-order chi connectivity index (χ0) is 23.8. The lowest BCUT2D eigenvalue weighted by Gasteiger charge is -2.20. The van der Waals surface area contributed by atoms with E-state index in [0.717, 1.165) is 5.56 Å². The summed E-state index contributed by atoms with van der Waals surface area (Å²) in [7, 11) is 0. The van der Waals surface area contributed by atoms with E-state index in [2.05, 4.69) is 43.1 Å². The van der Waals surface area contributed by atoms with Crippen LogP contribution in [-0.2, 0) is 23.3 Å². The summed E-state index contributed by atoms with van der Waals surface area (Å²) >= 11 is -1.56. The predicted octanol–water partition coefficient (Wildman–Crippen LogP) is 5.01. The number of amides is 1. The molecule has 6 nitrogen and oxygen atoms in total. The third-order valence-corrected chi connectivity index (χ3v) is 6.69. The second kappa shape index (κ2) is 8.74. The van der Waals surface area contributed by atoms with Crippen molar-refractivity contribution in [3.63, 3.8) is 0 Å². The van der Waals surface area contributed by atoms with Crippen molar-refractivity contribution in [3.05, 3.63) is 95.3 Å². The highest BCUT2D eigenvalue weighted by Crippen LogP contribution is 2.40. The van der Waals surface area contributed by atoms with Gasteiger partial charge in [-0.2, -0.15) is 5.26 Å². The molecule has 3 aromatic rings. The molecule has 1 aliphatic rings. The van der Waals surface area contributed by atoms with Crippen LogP contribution >= 0.6 is 0 Å². The lowest BCUT2D eigenvalue weighted by atomic mass is 9.87. The first-order chi connectivity index (χ1) is 15.7. The fourth-order valence-electron chi connectivity index (χ4n) is 3.75. The van der Waals surface area contributed by atoms with Crippen LogP contribution in [0.3, 0.4) is 0 Å². The molecule has 2 heterocycles. The molecule has 0 bridgehead atoms. The van der Waals surface area contributed by atoms with Crippen LogP contribution in [0, 0.1) is 11.3 Å². The lowest BCUT2D eigenvalue weighted by molar-refractivity contribution is 0.0841. The molecule has 1 amide bonds. The first-order valence-corrected chi connectivity index (χ1v) is 11.6. The zero-order valence-corrected chi connectivity index (χ0v) is 19.6. The zero-order valence-electron chi connectivity index (χ0n) is 18.8. The number of nitriles is 1. The molecule has 0 radical (unpaired) electrons. The Morgan fingerprint density at radius 1 is 1.12 bits per heavy atom. The number of anilines is 1. The van der Waals surface area contributed by atoms with Crippen LogP contribution in [0.5, 0.6) is 0 Å². The van der Waals surface area contributed by atoms with Crippen LogP contribution in [0.15, 0.2) is 72.3 Å². The molecular weight excluding hydrogens is 432 g/mol. The van der Waals surface area contributed by atoms with Crippen LogP contribution < -0.4 is 4.72 Å². The van der Waals surface area contributed by atoms with Crippen molar-refractivity contribution < 1.29 is 9.35 Å². The average molecular weight is 457 g/mol. The second-order valence-corrected chi connectivity index (χ2v) is 10.0. The van der Waals surface area contributed by atoms with Gasteiger partial charge >= 0.3 is 0 Å². The molecule has 1 aliphatic heterocycles. The number of benzene rings is 2. The van der Waals surface area contributed by atoms with Gasteiger partial charge < -0.3 is 9.45 Å². The van der Waals surface area contributed by atoms with Crippen molar-refractivity contribution in [3.8, 4) is 6.07 Å². The topological polar surface area (TPSA) is 92.1 Å². The first kappa shape index (κ1) is 22.6. The normalized spacial score (nSPS) is 14.1. The van der Waals surface area contributed by atoms with Crippen LogP contribution in [0.4, 0.5) is 5.69 Å². The van der Waals surface area contributed by atoms with E-state index in [1.54, 1.807) is 24.4 Å².